The minimum atomic E-state index is 0.723. The van der Waals surface area contributed by atoms with Crippen molar-refractivity contribution in [2.45, 2.75) is 11.9 Å². The van der Waals surface area contributed by atoms with E-state index in [4.69, 9.17) is 9.47 Å². The summed E-state index contributed by atoms with van der Waals surface area (Å²) in [4.78, 5) is 4.35. The van der Waals surface area contributed by atoms with Crippen LogP contribution in [0.2, 0.25) is 0 Å². The SMILES string of the molecule is COc1ccc(-c2nc(S)cs2)c(OC)c1C. The first kappa shape index (κ1) is 12.3. The summed E-state index contributed by atoms with van der Waals surface area (Å²) in [6.07, 6.45) is 0. The second kappa shape index (κ2) is 4.98. The highest BCUT2D eigenvalue weighted by Gasteiger charge is 2.14. The number of hydrogen-bond donors (Lipinski definition) is 1. The minimum Gasteiger partial charge on any atom is -0.496 e. The summed E-state index contributed by atoms with van der Waals surface area (Å²) < 4.78 is 10.7. The Hall–Kier alpha value is -1.20. The number of benzene rings is 1. The molecular weight excluding hydrogens is 254 g/mol. The summed E-state index contributed by atoms with van der Waals surface area (Å²) in [7, 11) is 3.30. The molecule has 0 atom stereocenters. The van der Waals surface area contributed by atoms with Gasteiger partial charge in [0, 0.05) is 10.9 Å². The van der Waals surface area contributed by atoms with Gasteiger partial charge in [-0.05, 0) is 19.1 Å². The van der Waals surface area contributed by atoms with Gasteiger partial charge in [-0.1, -0.05) is 0 Å². The van der Waals surface area contributed by atoms with E-state index in [1.165, 1.54) is 0 Å². The average molecular weight is 267 g/mol. The van der Waals surface area contributed by atoms with Gasteiger partial charge < -0.3 is 9.47 Å². The fourth-order valence-corrected chi connectivity index (χ4v) is 2.75. The lowest BCUT2D eigenvalue weighted by Crippen LogP contribution is -1.94. The Balaban J connectivity index is 2.58. The Morgan fingerprint density at radius 1 is 1.24 bits per heavy atom. The molecule has 0 saturated heterocycles. The smallest absolute Gasteiger partial charge is 0.135 e. The highest BCUT2D eigenvalue weighted by molar-refractivity contribution is 7.80. The zero-order valence-electron chi connectivity index (χ0n) is 9.85. The van der Waals surface area contributed by atoms with Gasteiger partial charge in [0.15, 0.2) is 0 Å². The molecule has 2 aromatic rings. The van der Waals surface area contributed by atoms with E-state index >= 15 is 0 Å². The Morgan fingerprint density at radius 2 is 2.00 bits per heavy atom. The Morgan fingerprint density at radius 3 is 2.53 bits per heavy atom. The zero-order valence-corrected chi connectivity index (χ0v) is 11.6. The van der Waals surface area contributed by atoms with Gasteiger partial charge in [-0.2, -0.15) is 0 Å². The minimum absolute atomic E-state index is 0.723. The first-order chi connectivity index (χ1) is 8.17. The second-order valence-electron chi connectivity index (χ2n) is 3.48. The van der Waals surface area contributed by atoms with Gasteiger partial charge in [0.1, 0.15) is 21.5 Å². The van der Waals surface area contributed by atoms with E-state index in [0.717, 1.165) is 32.7 Å². The third kappa shape index (κ3) is 2.25. The van der Waals surface area contributed by atoms with Crippen LogP contribution in [-0.2, 0) is 0 Å². The lowest BCUT2D eigenvalue weighted by Gasteiger charge is -2.12. The summed E-state index contributed by atoms with van der Waals surface area (Å²) in [6.45, 7) is 1.97. The van der Waals surface area contributed by atoms with Crippen LogP contribution in [0.15, 0.2) is 22.5 Å². The monoisotopic (exact) mass is 267 g/mol. The number of aromatic nitrogens is 1. The maximum Gasteiger partial charge on any atom is 0.135 e. The predicted octanol–water partition coefficient (Wildman–Crippen LogP) is 3.42. The number of hydrogen-bond acceptors (Lipinski definition) is 5. The molecule has 1 aromatic heterocycles. The number of thiol groups is 1. The maximum absolute atomic E-state index is 5.44. The molecule has 0 spiro atoms. The average Bonchev–Trinajstić information content (AvgIpc) is 2.75. The van der Waals surface area contributed by atoms with Crippen LogP contribution in [0.25, 0.3) is 10.6 Å². The van der Waals surface area contributed by atoms with Crippen LogP contribution >= 0.6 is 24.0 Å². The van der Waals surface area contributed by atoms with Crippen molar-refractivity contribution >= 4 is 24.0 Å². The van der Waals surface area contributed by atoms with E-state index in [0.29, 0.717) is 0 Å². The van der Waals surface area contributed by atoms with Crippen molar-refractivity contribution in [3.05, 3.63) is 23.1 Å². The third-order valence-electron chi connectivity index (χ3n) is 2.50. The summed E-state index contributed by atoms with van der Waals surface area (Å²) in [5.41, 5.74) is 1.94. The van der Waals surface area contributed by atoms with Gasteiger partial charge in [0.2, 0.25) is 0 Å². The van der Waals surface area contributed by atoms with E-state index in [2.05, 4.69) is 17.6 Å². The maximum atomic E-state index is 5.44. The molecule has 1 aromatic carbocycles. The summed E-state index contributed by atoms with van der Waals surface area (Å²) in [5, 5.41) is 3.52. The number of methoxy groups -OCH3 is 2. The van der Waals surface area contributed by atoms with E-state index in [1.807, 2.05) is 24.4 Å². The molecule has 0 bridgehead atoms. The highest BCUT2D eigenvalue weighted by Crippen LogP contribution is 2.39. The first-order valence-electron chi connectivity index (χ1n) is 5.03. The van der Waals surface area contributed by atoms with Crippen molar-refractivity contribution in [3.63, 3.8) is 0 Å². The van der Waals surface area contributed by atoms with E-state index in [1.54, 1.807) is 25.6 Å². The van der Waals surface area contributed by atoms with E-state index < -0.39 is 0 Å². The Kier molecular flexibility index (Phi) is 3.59. The molecule has 5 heteroatoms. The fourth-order valence-electron chi connectivity index (χ4n) is 1.72. The van der Waals surface area contributed by atoms with Crippen molar-refractivity contribution < 1.29 is 9.47 Å². The molecule has 0 saturated carbocycles. The van der Waals surface area contributed by atoms with Gasteiger partial charge >= 0.3 is 0 Å². The predicted molar refractivity (Wildman–Crippen MR) is 72.6 cm³/mol. The van der Waals surface area contributed by atoms with Gasteiger partial charge in [-0.3, -0.25) is 0 Å². The third-order valence-corrected chi connectivity index (χ3v) is 3.78. The van der Waals surface area contributed by atoms with Crippen LogP contribution in [-0.4, -0.2) is 19.2 Å². The van der Waals surface area contributed by atoms with E-state index in [9.17, 15) is 0 Å². The number of rotatable bonds is 3. The van der Waals surface area contributed by atoms with Crippen LogP contribution in [0, 0.1) is 6.92 Å². The summed E-state index contributed by atoms with van der Waals surface area (Å²) in [5.74, 6) is 1.61. The van der Waals surface area contributed by atoms with Crippen molar-refractivity contribution in [2.75, 3.05) is 14.2 Å². The standard InChI is InChI=1S/C12H13NO2S2/c1-7-9(14-2)5-4-8(11(7)15-3)12-13-10(16)6-17-12/h4-6,16H,1-3H3. The molecule has 17 heavy (non-hydrogen) atoms. The Bertz CT molecular complexity index is 537. The molecule has 90 valence electrons. The van der Waals surface area contributed by atoms with Crippen molar-refractivity contribution in [3.8, 4) is 22.1 Å². The molecule has 0 fully saturated rings. The van der Waals surface area contributed by atoms with Crippen LogP contribution in [0.5, 0.6) is 11.5 Å². The van der Waals surface area contributed by atoms with Crippen LogP contribution < -0.4 is 9.47 Å². The molecule has 0 N–H and O–H groups in total. The van der Waals surface area contributed by atoms with Gasteiger partial charge in [-0.25, -0.2) is 4.98 Å². The summed E-state index contributed by atoms with van der Waals surface area (Å²) in [6, 6.07) is 3.88. The lowest BCUT2D eigenvalue weighted by atomic mass is 10.1. The number of nitrogens with zero attached hydrogens (tertiary/aromatic N) is 1. The normalized spacial score (nSPS) is 10.4. The lowest BCUT2D eigenvalue weighted by molar-refractivity contribution is 0.390. The quantitative estimate of drug-likeness (QED) is 0.865. The highest BCUT2D eigenvalue weighted by atomic mass is 32.1. The van der Waals surface area contributed by atoms with Gasteiger partial charge in [0.05, 0.1) is 19.8 Å². The first-order valence-corrected chi connectivity index (χ1v) is 6.36. The number of thiazole rings is 1. The molecule has 0 unspecified atom stereocenters. The van der Waals surface area contributed by atoms with Crippen molar-refractivity contribution in [1.29, 1.82) is 0 Å². The van der Waals surface area contributed by atoms with E-state index in [-0.39, 0.29) is 0 Å². The van der Waals surface area contributed by atoms with Crippen LogP contribution in [0.3, 0.4) is 0 Å². The topological polar surface area (TPSA) is 31.4 Å². The molecule has 0 aliphatic rings. The fraction of sp³-hybridized carbons (Fsp3) is 0.250. The van der Waals surface area contributed by atoms with Crippen LogP contribution in [0.1, 0.15) is 5.56 Å². The second-order valence-corrected chi connectivity index (χ2v) is 4.80. The van der Waals surface area contributed by atoms with Crippen LogP contribution in [0.4, 0.5) is 0 Å². The van der Waals surface area contributed by atoms with Crippen molar-refractivity contribution in [1.82, 2.24) is 4.98 Å². The molecule has 0 aliphatic heterocycles. The molecule has 1 heterocycles. The molecule has 0 radical (unpaired) electrons. The molecule has 2 rings (SSSR count). The molecule has 0 aliphatic carbocycles. The number of ether oxygens (including phenoxy) is 2. The summed E-state index contributed by atoms with van der Waals surface area (Å²) >= 11 is 5.76. The largest absolute Gasteiger partial charge is 0.496 e. The molecular formula is C12H13NO2S2. The van der Waals surface area contributed by atoms with Crippen molar-refractivity contribution in [2.24, 2.45) is 0 Å². The Labute approximate surface area is 110 Å². The van der Waals surface area contributed by atoms with Gasteiger partial charge in [0.25, 0.3) is 0 Å². The molecule has 3 nitrogen and oxygen atoms in total. The molecule has 0 amide bonds. The zero-order chi connectivity index (χ0) is 12.4. The van der Waals surface area contributed by atoms with Gasteiger partial charge in [-0.15, -0.1) is 24.0 Å².